The number of nitrogens with zero attached hydrogens (tertiary/aromatic N) is 4. The summed E-state index contributed by atoms with van der Waals surface area (Å²) in [4.78, 5) is 24.7. The maximum absolute atomic E-state index is 12.8. The van der Waals surface area contributed by atoms with E-state index >= 15 is 0 Å². The molecule has 0 atom stereocenters. The van der Waals surface area contributed by atoms with Gasteiger partial charge < -0.3 is 4.98 Å². The second-order valence-electron chi connectivity index (χ2n) is 6.35. The number of para-hydroxylation sites is 2. The lowest BCUT2D eigenvalue weighted by molar-refractivity contribution is 0.103. The Labute approximate surface area is 164 Å². The number of H-pyrrole nitrogens is 1. The van der Waals surface area contributed by atoms with E-state index in [9.17, 15) is 4.79 Å². The highest BCUT2D eigenvalue weighted by Crippen LogP contribution is 2.27. The summed E-state index contributed by atoms with van der Waals surface area (Å²) in [5.41, 5.74) is 5.41. The van der Waals surface area contributed by atoms with E-state index in [1.54, 1.807) is 23.0 Å². The first-order valence-electron chi connectivity index (χ1n) is 8.72. The van der Waals surface area contributed by atoms with Gasteiger partial charge in [-0.3, -0.25) is 9.78 Å². The van der Waals surface area contributed by atoms with Gasteiger partial charge >= 0.3 is 0 Å². The highest BCUT2D eigenvalue weighted by molar-refractivity contribution is 6.16. The second kappa shape index (κ2) is 6.58. The number of carbonyl (C=O) groups is 1. The lowest BCUT2D eigenvalue weighted by atomic mass is 10.1. The van der Waals surface area contributed by atoms with Crippen molar-refractivity contribution in [1.82, 2.24) is 24.7 Å². The molecule has 0 unspecified atom stereocenters. The fourth-order valence-corrected chi connectivity index (χ4v) is 3.45. The molecule has 0 aliphatic heterocycles. The number of nitrogens with one attached hydrogen (secondary N) is 1. The van der Waals surface area contributed by atoms with E-state index in [0.717, 1.165) is 33.3 Å². The molecule has 1 N–H and O–H groups in total. The summed E-state index contributed by atoms with van der Waals surface area (Å²) in [5.74, 6) is 0.171. The number of halogens is 1. The summed E-state index contributed by atoms with van der Waals surface area (Å²) < 4.78 is 1.70. The van der Waals surface area contributed by atoms with Crippen molar-refractivity contribution >= 4 is 39.5 Å². The van der Waals surface area contributed by atoms with Gasteiger partial charge in [0.25, 0.3) is 0 Å². The van der Waals surface area contributed by atoms with Crippen LogP contribution in [0.1, 0.15) is 16.2 Å². The Morgan fingerprint density at radius 3 is 2.64 bits per heavy atom. The topological polar surface area (TPSA) is 76.5 Å². The number of imidazole rings is 1. The number of benzene rings is 2. The number of aromatic nitrogens is 5. The van der Waals surface area contributed by atoms with Crippen molar-refractivity contribution in [3.8, 4) is 11.3 Å². The average Bonchev–Trinajstić information content (AvgIpc) is 3.35. The molecule has 0 amide bonds. The molecule has 6 nitrogen and oxygen atoms in total. The molecule has 3 heterocycles. The molecular formula is C21H14ClN5O. The third kappa shape index (κ3) is 2.66. The van der Waals surface area contributed by atoms with Gasteiger partial charge in [-0.15, -0.1) is 11.6 Å². The summed E-state index contributed by atoms with van der Waals surface area (Å²) in [7, 11) is 0. The van der Waals surface area contributed by atoms with E-state index in [2.05, 4.69) is 20.1 Å². The number of alkyl halides is 1. The minimum atomic E-state index is -0.156. The predicted octanol–water partition coefficient (Wildman–Crippen LogP) is 4.40. The van der Waals surface area contributed by atoms with Crippen LogP contribution in [0.3, 0.4) is 0 Å². The molecule has 0 saturated heterocycles. The molecule has 28 heavy (non-hydrogen) atoms. The van der Waals surface area contributed by atoms with E-state index in [1.165, 1.54) is 0 Å². The van der Waals surface area contributed by atoms with Crippen LogP contribution < -0.4 is 0 Å². The number of hydrogen-bond acceptors (Lipinski definition) is 4. The molecular weight excluding hydrogens is 374 g/mol. The van der Waals surface area contributed by atoms with Crippen LogP contribution >= 0.6 is 11.6 Å². The molecule has 0 bridgehead atoms. The molecule has 3 aromatic heterocycles. The third-order valence-corrected chi connectivity index (χ3v) is 4.87. The quantitative estimate of drug-likeness (QED) is 0.366. The smallest absolute Gasteiger partial charge is 0.228 e. The molecule has 0 saturated carbocycles. The number of carbonyl (C=O) groups excluding carboxylic acids is 1. The van der Waals surface area contributed by atoms with Crippen LogP contribution in [-0.4, -0.2) is 30.5 Å². The first-order valence-corrected chi connectivity index (χ1v) is 9.25. The van der Waals surface area contributed by atoms with Crippen molar-refractivity contribution in [2.75, 3.05) is 0 Å². The number of rotatable bonds is 4. The van der Waals surface area contributed by atoms with Gasteiger partial charge in [-0.1, -0.05) is 36.4 Å². The summed E-state index contributed by atoms with van der Waals surface area (Å²) in [6, 6.07) is 18.9. The summed E-state index contributed by atoms with van der Waals surface area (Å²) in [6.07, 6.45) is 1.73. The maximum Gasteiger partial charge on any atom is 0.228 e. The molecule has 0 spiro atoms. The van der Waals surface area contributed by atoms with Crippen molar-refractivity contribution in [2.45, 2.75) is 6.00 Å². The lowest BCUT2D eigenvalue weighted by Crippen LogP contribution is -2.03. The van der Waals surface area contributed by atoms with E-state index in [4.69, 9.17) is 11.6 Å². The van der Waals surface area contributed by atoms with Crippen LogP contribution in [0.4, 0.5) is 0 Å². The molecule has 0 aliphatic carbocycles. The fourth-order valence-electron chi connectivity index (χ4n) is 3.27. The molecule has 0 radical (unpaired) electrons. The lowest BCUT2D eigenvalue weighted by Gasteiger charge is -2.01. The number of pyridine rings is 1. The molecule has 7 heteroatoms. The Balaban J connectivity index is 1.51. The van der Waals surface area contributed by atoms with E-state index in [0.29, 0.717) is 11.4 Å². The van der Waals surface area contributed by atoms with E-state index < -0.39 is 0 Å². The van der Waals surface area contributed by atoms with Crippen LogP contribution in [0.15, 0.2) is 66.9 Å². The largest absolute Gasteiger partial charge is 0.335 e. The Morgan fingerprint density at radius 1 is 1.04 bits per heavy atom. The standard InChI is InChI=1S/C21H14ClN5O/c22-12-27-17-6-3-11-23-19(17)18(26-27)13-7-9-14(10-8-13)20(28)21-24-15-4-1-2-5-16(15)25-21/h1-11H,12H2,(H,24,25). The first kappa shape index (κ1) is 16.6. The van der Waals surface area contributed by atoms with Gasteiger partial charge in [0, 0.05) is 17.3 Å². The third-order valence-electron chi connectivity index (χ3n) is 4.65. The van der Waals surface area contributed by atoms with Crippen LogP contribution in [0.5, 0.6) is 0 Å². The van der Waals surface area contributed by atoms with Crippen molar-refractivity contribution in [3.63, 3.8) is 0 Å². The monoisotopic (exact) mass is 387 g/mol. The molecule has 0 aliphatic rings. The van der Waals surface area contributed by atoms with E-state index in [1.807, 2.05) is 48.5 Å². The molecule has 5 rings (SSSR count). The van der Waals surface area contributed by atoms with Crippen LogP contribution in [-0.2, 0) is 6.00 Å². The summed E-state index contributed by atoms with van der Waals surface area (Å²) in [5, 5.41) is 4.56. The van der Waals surface area contributed by atoms with Crippen molar-refractivity contribution < 1.29 is 4.79 Å². The molecule has 0 fully saturated rings. The summed E-state index contributed by atoms with van der Waals surface area (Å²) in [6.45, 7) is 0. The minimum absolute atomic E-state index is 0.156. The van der Waals surface area contributed by atoms with Crippen LogP contribution in [0, 0.1) is 0 Å². The molecule has 136 valence electrons. The average molecular weight is 388 g/mol. The van der Waals surface area contributed by atoms with Crippen LogP contribution in [0.25, 0.3) is 33.3 Å². The maximum atomic E-state index is 12.8. The number of ketones is 1. The molecule has 5 aromatic rings. The number of fused-ring (bicyclic) bond motifs is 2. The minimum Gasteiger partial charge on any atom is -0.335 e. The second-order valence-corrected chi connectivity index (χ2v) is 6.59. The fraction of sp³-hybridized carbons (Fsp3) is 0.0476. The van der Waals surface area contributed by atoms with Gasteiger partial charge in [0.15, 0.2) is 5.82 Å². The Hall–Kier alpha value is -3.51. The highest BCUT2D eigenvalue weighted by Gasteiger charge is 2.16. The molecule has 2 aromatic carbocycles. The van der Waals surface area contributed by atoms with E-state index in [-0.39, 0.29) is 11.8 Å². The highest BCUT2D eigenvalue weighted by atomic mass is 35.5. The van der Waals surface area contributed by atoms with Gasteiger partial charge in [-0.25, -0.2) is 9.67 Å². The van der Waals surface area contributed by atoms with Crippen molar-refractivity contribution in [2.24, 2.45) is 0 Å². The van der Waals surface area contributed by atoms with Gasteiger partial charge in [-0.2, -0.15) is 5.10 Å². The number of hydrogen-bond donors (Lipinski definition) is 1. The Morgan fingerprint density at radius 2 is 1.86 bits per heavy atom. The predicted molar refractivity (Wildman–Crippen MR) is 108 cm³/mol. The van der Waals surface area contributed by atoms with Crippen LogP contribution in [0.2, 0.25) is 0 Å². The zero-order valence-electron chi connectivity index (χ0n) is 14.6. The Bertz CT molecular complexity index is 1290. The number of aromatic amines is 1. The van der Waals surface area contributed by atoms with Gasteiger partial charge in [-0.05, 0) is 24.3 Å². The zero-order chi connectivity index (χ0) is 19.1. The SMILES string of the molecule is O=C(c1ccc(-c2nn(CCl)c3cccnc23)cc1)c1nc2ccccc2[nH]1. The van der Waals surface area contributed by atoms with Gasteiger partial charge in [0.2, 0.25) is 5.78 Å². The van der Waals surface area contributed by atoms with Crippen molar-refractivity contribution in [3.05, 3.63) is 78.2 Å². The zero-order valence-corrected chi connectivity index (χ0v) is 15.4. The Kier molecular flexibility index (Phi) is 3.91. The van der Waals surface area contributed by atoms with Gasteiger partial charge in [0.05, 0.1) is 16.6 Å². The summed E-state index contributed by atoms with van der Waals surface area (Å²) >= 11 is 5.99. The van der Waals surface area contributed by atoms with Crippen molar-refractivity contribution in [1.29, 1.82) is 0 Å². The normalized spacial score (nSPS) is 11.3. The first-order chi connectivity index (χ1) is 13.7. The van der Waals surface area contributed by atoms with Gasteiger partial charge in [0.1, 0.15) is 17.2 Å².